The molecule has 2 aliphatic heterocycles. The Kier molecular flexibility index (Phi) is 4.45. The second-order valence-corrected chi connectivity index (χ2v) is 6.21. The number of rotatable bonds is 3. The summed E-state index contributed by atoms with van der Waals surface area (Å²) in [5, 5.41) is 10.3. The van der Waals surface area contributed by atoms with Crippen LogP contribution in [0.2, 0.25) is 0 Å². The second-order valence-electron chi connectivity index (χ2n) is 6.21. The molecule has 1 aromatic carbocycles. The van der Waals surface area contributed by atoms with Gasteiger partial charge in [0, 0.05) is 26.1 Å². The van der Waals surface area contributed by atoms with Crippen LogP contribution in [0, 0.1) is 5.82 Å². The molecule has 120 valence electrons. The highest BCUT2D eigenvalue weighted by Crippen LogP contribution is 2.36. The van der Waals surface area contributed by atoms with E-state index in [1.807, 2.05) is 0 Å². The van der Waals surface area contributed by atoms with E-state index in [9.17, 15) is 14.3 Å². The number of halogens is 1. The van der Waals surface area contributed by atoms with Gasteiger partial charge >= 0.3 is 0 Å². The van der Waals surface area contributed by atoms with Crippen LogP contribution in [-0.2, 0) is 16.0 Å². The molecule has 1 N–H and O–H groups in total. The van der Waals surface area contributed by atoms with Crippen LogP contribution in [0.25, 0.3) is 0 Å². The van der Waals surface area contributed by atoms with Crippen LogP contribution in [0.15, 0.2) is 24.3 Å². The molecule has 2 atom stereocenters. The Morgan fingerprint density at radius 3 is 2.91 bits per heavy atom. The van der Waals surface area contributed by atoms with E-state index in [-0.39, 0.29) is 18.1 Å². The lowest BCUT2D eigenvalue weighted by Crippen LogP contribution is -2.56. The summed E-state index contributed by atoms with van der Waals surface area (Å²) >= 11 is 0. The van der Waals surface area contributed by atoms with E-state index in [0.29, 0.717) is 38.1 Å². The Hall–Kier alpha value is -1.46. The van der Waals surface area contributed by atoms with Crippen molar-refractivity contribution in [2.45, 2.75) is 43.8 Å². The number of hydrogen-bond acceptors (Lipinski definition) is 3. The van der Waals surface area contributed by atoms with E-state index in [4.69, 9.17) is 4.74 Å². The first-order chi connectivity index (χ1) is 10.6. The third-order valence-electron chi connectivity index (χ3n) is 4.86. The van der Waals surface area contributed by atoms with Gasteiger partial charge in [-0.1, -0.05) is 18.2 Å². The average molecular weight is 307 g/mol. The summed E-state index contributed by atoms with van der Waals surface area (Å²) in [5.74, 6) is -0.303. The Balaban J connectivity index is 1.54. The van der Waals surface area contributed by atoms with E-state index >= 15 is 0 Å². The quantitative estimate of drug-likeness (QED) is 0.928. The van der Waals surface area contributed by atoms with Gasteiger partial charge in [-0.15, -0.1) is 0 Å². The Labute approximate surface area is 129 Å². The summed E-state index contributed by atoms with van der Waals surface area (Å²) < 4.78 is 19.3. The molecule has 22 heavy (non-hydrogen) atoms. The third kappa shape index (κ3) is 3.01. The van der Waals surface area contributed by atoms with Crippen molar-refractivity contribution in [1.82, 2.24) is 4.90 Å². The van der Waals surface area contributed by atoms with E-state index < -0.39 is 11.7 Å². The lowest BCUT2D eigenvalue weighted by Gasteiger charge is -2.42. The predicted molar refractivity (Wildman–Crippen MR) is 79.8 cm³/mol. The van der Waals surface area contributed by atoms with Gasteiger partial charge in [-0.3, -0.25) is 4.79 Å². The Morgan fingerprint density at radius 2 is 2.23 bits per heavy atom. The molecule has 0 saturated carbocycles. The summed E-state index contributed by atoms with van der Waals surface area (Å²) in [5.41, 5.74) is 0.117. The number of ether oxygens (including phenoxy) is 1. The molecular weight excluding hydrogens is 285 g/mol. The van der Waals surface area contributed by atoms with Crippen molar-refractivity contribution < 1.29 is 19.0 Å². The van der Waals surface area contributed by atoms with E-state index in [2.05, 4.69) is 0 Å². The maximum absolute atomic E-state index is 13.6. The van der Waals surface area contributed by atoms with Crippen LogP contribution in [0.4, 0.5) is 4.39 Å². The van der Waals surface area contributed by atoms with Crippen molar-refractivity contribution in [3.05, 3.63) is 35.6 Å². The maximum Gasteiger partial charge on any atom is 0.222 e. The van der Waals surface area contributed by atoms with Gasteiger partial charge in [-0.05, 0) is 37.3 Å². The summed E-state index contributed by atoms with van der Waals surface area (Å²) in [6.45, 7) is 1.61. The highest BCUT2D eigenvalue weighted by molar-refractivity contribution is 5.76. The van der Waals surface area contributed by atoms with Crippen LogP contribution < -0.4 is 0 Å². The minimum Gasteiger partial charge on any atom is -0.388 e. The highest BCUT2D eigenvalue weighted by atomic mass is 19.1. The van der Waals surface area contributed by atoms with Gasteiger partial charge in [0.05, 0.1) is 5.60 Å². The van der Waals surface area contributed by atoms with Gasteiger partial charge in [-0.2, -0.15) is 0 Å². The topological polar surface area (TPSA) is 49.8 Å². The van der Waals surface area contributed by atoms with Crippen molar-refractivity contribution in [2.75, 3.05) is 19.7 Å². The molecule has 2 saturated heterocycles. The van der Waals surface area contributed by atoms with Crippen LogP contribution >= 0.6 is 0 Å². The molecule has 2 heterocycles. The van der Waals surface area contributed by atoms with Crippen molar-refractivity contribution in [3.63, 3.8) is 0 Å². The Morgan fingerprint density at radius 1 is 1.41 bits per heavy atom. The first kappa shape index (κ1) is 15.4. The fraction of sp³-hybridized carbons (Fsp3) is 0.588. The SMILES string of the molecule is O=C(CCc1ccccc1F)N1CC[C@@]2(CCCO2)[C@@H](O)C1. The molecule has 2 aliphatic rings. The van der Waals surface area contributed by atoms with Gasteiger partial charge < -0.3 is 14.7 Å². The van der Waals surface area contributed by atoms with Crippen LogP contribution in [0.1, 0.15) is 31.2 Å². The number of carbonyl (C=O) groups excluding carboxylic acids is 1. The van der Waals surface area contributed by atoms with Crippen molar-refractivity contribution in [2.24, 2.45) is 0 Å². The van der Waals surface area contributed by atoms with E-state index in [1.54, 1.807) is 23.1 Å². The number of carbonyl (C=O) groups is 1. The number of aliphatic hydroxyl groups is 1. The van der Waals surface area contributed by atoms with Crippen molar-refractivity contribution >= 4 is 5.91 Å². The number of nitrogens with zero attached hydrogens (tertiary/aromatic N) is 1. The van der Waals surface area contributed by atoms with Gasteiger partial charge in [0.15, 0.2) is 0 Å². The number of piperidine rings is 1. The molecule has 0 bridgehead atoms. The third-order valence-corrected chi connectivity index (χ3v) is 4.86. The molecule has 0 radical (unpaired) electrons. The summed E-state index contributed by atoms with van der Waals surface area (Å²) in [7, 11) is 0. The number of aliphatic hydroxyl groups excluding tert-OH is 1. The largest absolute Gasteiger partial charge is 0.388 e. The number of benzene rings is 1. The molecule has 0 unspecified atom stereocenters. The molecule has 0 aromatic heterocycles. The molecule has 1 spiro atoms. The molecule has 2 fully saturated rings. The number of amides is 1. The average Bonchev–Trinajstić information content (AvgIpc) is 2.99. The standard InChI is InChI=1S/C17H22FNO3/c18-14-5-2-1-4-13(14)6-7-16(21)19-10-9-17(15(20)12-19)8-3-11-22-17/h1-2,4-5,15,20H,3,6-12H2/t15-,17-/m0/s1. The molecule has 1 amide bonds. The summed E-state index contributed by atoms with van der Waals surface area (Å²) in [6.07, 6.45) is 2.55. The maximum atomic E-state index is 13.6. The monoisotopic (exact) mass is 307 g/mol. The number of β-amino-alcohol motifs (C(OH)–C–C–N with tert-alkyl or cyclic N) is 1. The Bertz CT molecular complexity index is 542. The molecule has 3 rings (SSSR count). The minimum absolute atomic E-state index is 0.0323. The van der Waals surface area contributed by atoms with Gasteiger partial charge in [0.25, 0.3) is 0 Å². The van der Waals surface area contributed by atoms with Crippen molar-refractivity contribution in [3.8, 4) is 0 Å². The zero-order valence-corrected chi connectivity index (χ0v) is 12.6. The number of aryl methyl sites for hydroxylation is 1. The van der Waals surface area contributed by atoms with Gasteiger partial charge in [0.2, 0.25) is 5.91 Å². The number of hydrogen-bond donors (Lipinski definition) is 1. The van der Waals surface area contributed by atoms with E-state index in [0.717, 1.165) is 12.8 Å². The summed E-state index contributed by atoms with van der Waals surface area (Å²) in [4.78, 5) is 14.0. The predicted octanol–water partition coefficient (Wildman–Crippen LogP) is 1.90. The fourth-order valence-electron chi connectivity index (χ4n) is 3.46. The molecule has 1 aromatic rings. The van der Waals surface area contributed by atoms with Crippen LogP contribution in [-0.4, -0.2) is 47.3 Å². The highest BCUT2D eigenvalue weighted by Gasteiger charge is 2.46. The minimum atomic E-state index is -0.624. The lowest BCUT2D eigenvalue weighted by molar-refractivity contribution is -0.152. The normalized spacial score (nSPS) is 28.3. The summed E-state index contributed by atoms with van der Waals surface area (Å²) in [6, 6.07) is 6.53. The van der Waals surface area contributed by atoms with E-state index in [1.165, 1.54) is 6.07 Å². The first-order valence-electron chi connectivity index (χ1n) is 7.94. The van der Waals surface area contributed by atoms with Gasteiger partial charge in [0.1, 0.15) is 11.9 Å². The van der Waals surface area contributed by atoms with Crippen molar-refractivity contribution in [1.29, 1.82) is 0 Å². The molecule has 4 nitrogen and oxygen atoms in total. The fourth-order valence-corrected chi connectivity index (χ4v) is 3.46. The first-order valence-corrected chi connectivity index (χ1v) is 7.94. The lowest BCUT2D eigenvalue weighted by atomic mass is 9.86. The zero-order valence-electron chi connectivity index (χ0n) is 12.6. The van der Waals surface area contributed by atoms with Gasteiger partial charge in [-0.25, -0.2) is 4.39 Å². The van der Waals surface area contributed by atoms with Crippen LogP contribution in [0.3, 0.4) is 0 Å². The number of likely N-dealkylation sites (tertiary alicyclic amines) is 1. The van der Waals surface area contributed by atoms with Crippen LogP contribution in [0.5, 0.6) is 0 Å². The second kappa shape index (κ2) is 6.34. The zero-order chi connectivity index (χ0) is 15.6. The molecule has 0 aliphatic carbocycles. The molecule has 5 heteroatoms. The molecular formula is C17H22FNO3. The smallest absolute Gasteiger partial charge is 0.222 e.